The van der Waals surface area contributed by atoms with Crippen LogP contribution in [-0.4, -0.2) is 39.7 Å². The smallest absolute Gasteiger partial charge is 0.264 e. The van der Waals surface area contributed by atoms with Crippen molar-refractivity contribution < 1.29 is 4.79 Å². The van der Waals surface area contributed by atoms with Crippen molar-refractivity contribution in [3.63, 3.8) is 0 Å². The number of carbonyl (C=O) groups is 1. The number of amides is 1. The lowest BCUT2D eigenvalue weighted by atomic mass is 10.1. The van der Waals surface area contributed by atoms with E-state index in [0.29, 0.717) is 19.0 Å². The molecule has 2 aromatic heterocycles. The zero-order valence-electron chi connectivity index (χ0n) is 15.2. The van der Waals surface area contributed by atoms with Crippen LogP contribution in [-0.2, 0) is 6.54 Å². The van der Waals surface area contributed by atoms with Gasteiger partial charge in [0, 0.05) is 18.0 Å². The first-order valence-corrected chi connectivity index (χ1v) is 9.90. The Morgan fingerprint density at radius 2 is 2.12 bits per heavy atom. The van der Waals surface area contributed by atoms with Gasteiger partial charge in [-0.1, -0.05) is 30.3 Å². The average Bonchev–Trinajstić information content (AvgIpc) is 3.31. The Bertz CT molecular complexity index is 930. The molecule has 0 radical (unpaired) electrons. The number of aromatic nitrogens is 2. The van der Waals surface area contributed by atoms with Gasteiger partial charge in [-0.2, -0.15) is 5.10 Å². The van der Waals surface area contributed by atoms with Crippen molar-refractivity contribution in [3.8, 4) is 0 Å². The predicted molar refractivity (Wildman–Crippen MR) is 106 cm³/mol. The number of likely N-dealkylation sites (tertiary alicyclic amines) is 1. The first kappa shape index (κ1) is 17.2. The Hall–Kier alpha value is -2.18. The number of hydrogen-bond donors (Lipinski definition) is 1. The number of nitrogens with two attached hydrogens (primary N) is 1. The zero-order chi connectivity index (χ0) is 18.3. The Kier molecular flexibility index (Phi) is 4.54. The predicted octanol–water partition coefficient (Wildman–Crippen LogP) is 3.26. The lowest BCUT2D eigenvalue weighted by molar-refractivity contribution is 0.0748. The normalized spacial score (nSPS) is 20.2. The second-order valence-corrected chi connectivity index (χ2v) is 8.23. The molecule has 136 valence electrons. The highest BCUT2D eigenvalue weighted by atomic mass is 32.1. The second kappa shape index (κ2) is 6.85. The summed E-state index contributed by atoms with van der Waals surface area (Å²) in [6.07, 6.45) is 0.994. The molecule has 2 N–H and O–H groups in total. The Morgan fingerprint density at radius 3 is 2.81 bits per heavy atom. The molecule has 1 aromatic carbocycles. The molecule has 26 heavy (non-hydrogen) atoms. The van der Waals surface area contributed by atoms with Gasteiger partial charge < -0.3 is 10.6 Å². The highest BCUT2D eigenvalue weighted by molar-refractivity contribution is 7.20. The van der Waals surface area contributed by atoms with Gasteiger partial charge in [-0.3, -0.25) is 9.48 Å². The van der Waals surface area contributed by atoms with Crippen molar-refractivity contribution in [3.05, 3.63) is 52.5 Å². The van der Waals surface area contributed by atoms with Crippen molar-refractivity contribution in [2.75, 3.05) is 13.1 Å². The highest BCUT2D eigenvalue weighted by Gasteiger charge is 2.33. The largest absolute Gasteiger partial charge is 0.335 e. The fourth-order valence-electron chi connectivity index (χ4n) is 3.82. The summed E-state index contributed by atoms with van der Waals surface area (Å²) in [5.74, 6) is 0.541. The Morgan fingerprint density at radius 1 is 1.35 bits per heavy atom. The van der Waals surface area contributed by atoms with Crippen LogP contribution < -0.4 is 5.73 Å². The van der Waals surface area contributed by atoms with Crippen LogP contribution in [0.5, 0.6) is 0 Å². The first-order valence-electron chi connectivity index (χ1n) is 9.08. The number of benzene rings is 1. The third-order valence-electron chi connectivity index (χ3n) is 5.25. The van der Waals surface area contributed by atoms with E-state index in [1.54, 1.807) is 11.3 Å². The van der Waals surface area contributed by atoms with Crippen LogP contribution in [0.2, 0.25) is 0 Å². The van der Waals surface area contributed by atoms with Crippen molar-refractivity contribution >= 4 is 27.5 Å². The van der Waals surface area contributed by atoms with E-state index in [2.05, 4.69) is 24.2 Å². The summed E-state index contributed by atoms with van der Waals surface area (Å²) in [5, 5.41) is 5.75. The van der Waals surface area contributed by atoms with E-state index in [1.165, 1.54) is 5.56 Å². The van der Waals surface area contributed by atoms with Crippen LogP contribution in [0.3, 0.4) is 0 Å². The van der Waals surface area contributed by atoms with Gasteiger partial charge in [-0.05, 0) is 44.4 Å². The molecular weight excluding hydrogens is 344 g/mol. The van der Waals surface area contributed by atoms with E-state index in [-0.39, 0.29) is 11.9 Å². The summed E-state index contributed by atoms with van der Waals surface area (Å²) in [6, 6.07) is 12.5. The minimum Gasteiger partial charge on any atom is -0.335 e. The van der Waals surface area contributed by atoms with Crippen molar-refractivity contribution in [1.29, 1.82) is 0 Å². The Balaban J connectivity index is 1.63. The maximum absolute atomic E-state index is 13.0. The van der Waals surface area contributed by atoms with Gasteiger partial charge in [0.2, 0.25) is 0 Å². The van der Waals surface area contributed by atoms with Gasteiger partial charge in [0.1, 0.15) is 4.83 Å². The first-order chi connectivity index (χ1) is 12.6. The molecule has 1 fully saturated rings. The summed E-state index contributed by atoms with van der Waals surface area (Å²) in [7, 11) is 0. The van der Waals surface area contributed by atoms with Gasteiger partial charge in [0.15, 0.2) is 0 Å². The maximum Gasteiger partial charge on any atom is 0.264 e. The van der Waals surface area contributed by atoms with Gasteiger partial charge >= 0.3 is 0 Å². The summed E-state index contributed by atoms with van der Waals surface area (Å²) >= 11 is 1.55. The number of thiophene rings is 1. The zero-order valence-corrected chi connectivity index (χ0v) is 16.0. The molecule has 3 aromatic rings. The van der Waals surface area contributed by atoms with E-state index in [0.717, 1.165) is 33.8 Å². The monoisotopic (exact) mass is 368 g/mol. The minimum atomic E-state index is 0.125. The molecule has 2 unspecified atom stereocenters. The molecule has 3 heterocycles. The molecule has 1 saturated heterocycles. The molecule has 1 amide bonds. The van der Waals surface area contributed by atoms with Crippen LogP contribution in [0.25, 0.3) is 10.2 Å². The topological polar surface area (TPSA) is 64.2 Å². The number of fused-ring (bicyclic) bond motifs is 1. The molecular formula is C20H24N4OS. The van der Waals surface area contributed by atoms with Crippen molar-refractivity contribution in [1.82, 2.24) is 14.7 Å². The van der Waals surface area contributed by atoms with Crippen molar-refractivity contribution in [2.24, 2.45) is 11.7 Å². The minimum absolute atomic E-state index is 0.125. The van der Waals surface area contributed by atoms with Crippen LogP contribution in [0, 0.1) is 12.8 Å². The molecule has 6 heteroatoms. The third kappa shape index (κ3) is 3.04. The average molecular weight is 369 g/mol. The Labute approximate surface area is 157 Å². The molecule has 0 spiro atoms. The number of carbonyl (C=O) groups excluding carboxylic acids is 1. The lowest BCUT2D eigenvalue weighted by Gasteiger charge is -2.20. The summed E-state index contributed by atoms with van der Waals surface area (Å²) in [6.45, 7) is 6.25. The fourth-order valence-corrected chi connectivity index (χ4v) is 4.94. The van der Waals surface area contributed by atoms with Gasteiger partial charge in [-0.25, -0.2) is 0 Å². The molecule has 1 aliphatic heterocycles. The third-order valence-corrected chi connectivity index (χ3v) is 6.39. The fraction of sp³-hybridized carbons (Fsp3) is 0.400. The molecule has 5 nitrogen and oxygen atoms in total. The lowest BCUT2D eigenvalue weighted by Crippen LogP contribution is -2.33. The van der Waals surface area contributed by atoms with E-state index < -0.39 is 0 Å². The van der Waals surface area contributed by atoms with Crippen LogP contribution in [0.4, 0.5) is 0 Å². The van der Waals surface area contributed by atoms with Crippen LogP contribution in [0.15, 0.2) is 36.4 Å². The van der Waals surface area contributed by atoms with E-state index in [1.807, 2.05) is 40.8 Å². The molecule has 1 aliphatic rings. The summed E-state index contributed by atoms with van der Waals surface area (Å²) in [5.41, 5.74) is 7.99. The van der Waals surface area contributed by atoms with Gasteiger partial charge in [0.25, 0.3) is 5.91 Å². The van der Waals surface area contributed by atoms with Gasteiger partial charge in [-0.15, -0.1) is 11.3 Å². The summed E-state index contributed by atoms with van der Waals surface area (Å²) < 4.78 is 2.01. The van der Waals surface area contributed by atoms with Crippen molar-refractivity contribution in [2.45, 2.75) is 32.9 Å². The van der Waals surface area contributed by atoms with Crippen LogP contribution in [0.1, 0.15) is 34.3 Å². The molecule has 0 aliphatic carbocycles. The maximum atomic E-state index is 13.0. The summed E-state index contributed by atoms with van der Waals surface area (Å²) in [4.78, 5) is 16.9. The van der Waals surface area contributed by atoms with Gasteiger partial charge in [0.05, 0.1) is 17.1 Å². The number of rotatable bonds is 4. The number of hydrogen-bond acceptors (Lipinski definition) is 4. The number of aryl methyl sites for hydroxylation is 1. The number of nitrogens with zero attached hydrogens (tertiary/aromatic N) is 3. The van der Waals surface area contributed by atoms with E-state index in [4.69, 9.17) is 5.73 Å². The molecule has 0 bridgehead atoms. The highest BCUT2D eigenvalue weighted by Crippen LogP contribution is 2.32. The SMILES string of the molecule is Cc1nn(Cc2ccccc2)c2sc(C(=O)N3CC(CN)CC3C)cc12. The van der Waals surface area contributed by atoms with E-state index in [9.17, 15) is 4.79 Å². The van der Waals surface area contributed by atoms with E-state index >= 15 is 0 Å². The standard InChI is InChI=1S/C20H24N4OS/c1-13-8-16(10-21)11-23(13)19(25)18-9-17-14(2)22-24(20(17)26-18)12-15-6-4-3-5-7-15/h3-7,9,13,16H,8,10-12,21H2,1-2H3. The molecule has 4 rings (SSSR count). The van der Waals surface area contributed by atoms with Crippen LogP contribution >= 0.6 is 11.3 Å². The molecule has 0 saturated carbocycles. The quantitative estimate of drug-likeness (QED) is 0.769. The second-order valence-electron chi connectivity index (χ2n) is 7.20. The molecule has 2 atom stereocenters.